The Hall–Kier alpha value is 0.710. The number of alkyl halides is 1. The first kappa shape index (κ1) is 13.1. The highest BCUT2D eigenvalue weighted by atomic mass is 35.5. The van der Waals surface area contributed by atoms with Crippen LogP contribution >= 0.6 is 30.7 Å². The van der Waals surface area contributed by atoms with Crippen LogP contribution in [0.5, 0.6) is 0 Å². The van der Waals surface area contributed by atoms with Gasteiger partial charge in [0.05, 0.1) is 17.4 Å². The van der Waals surface area contributed by atoms with E-state index >= 15 is 0 Å². The highest BCUT2D eigenvalue weighted by molar-refractivity contribution is 7.74. The lowest BCUT2D eigenvalue weighted by atomic mass is 9.85. The zero-order chi connectivity index (χ0) is 11.8. The molecule has 0 saturated heterocycles. The maximum atomic E-state index is 6.66. The largest absolute Gasteiger partial charge is 0.228 e. The number of halogens is 2. The third-order valence-corrected chi connectivity index (χ3v) is 8.80. The van der Waals surface area contributed by atoms with Crippen LogP contribution in [0.3, 0.4) is 0 Å². The molecule has 1 fully saturated rings. The average molecular weight is 282 g/mol. The van der Waals surface area contributed by atoms with Crippen molar-refractivity contribution < 1.29 is 4.52 Å². The van der Waals surface area contributed by atoms with E-state index in [0.717, 1.165) is 36.6 Å². The average Bonchev–Trinajstić information content (AvgIpc) is 2.30. The van der Waals surface area contributed by atoms with Crippen molar-refractivity contribution >= 4 is 30.7 Å². The number of rotatable bonds is 2. The van der Waals surface area contributed by atoms with Crippen LogP contribution in [0.4, 0.5) is 0 Å². The lowest BCUT2D eigenvalue weighted by molar-refractivity contribution is 0.135. The van der Waals surface area contributed by atoms with Crippen molar-refractivity contribution in [3.8, 4) is 0 Å². The third-order valence-electron chi connectivity index (χ3n) is 3.92. The standard InChI is InChI=1S/C12H20Cl2OP/c1-3-16(4-2)9-10(13)12(14)8-6-5-7-11(12)15-16/h9,11H,3-8H2,1-2H3/q+1. The van der Waals surface area contributed by atoms with Crippen LogP contribution < -0.4 is 0 Å². The monoisotopic (exact) mass is 281 g/mol. The minimum Gasteiger partial charge on any atom is -0.228 e. The molecule has 4 heteroatoms. The zero-order valence-electron chi connectivity index (χ0n) is 10.0. The second-order valence-corrected chi connectivity index (χ2v) is 9.48. The fourth-order valence-electron chi connectivity index (χ4n) is 2.66. The molecule has 0 amide bonds. The van der Waals surface area contributed by atoms with Gasteiger partial charge in [0, 0.05) is 0 Å². The predicted molar refractivity (Wildman–Crippen MR) is 73.9 cm³/mol. The molecule has 2 atom stereocenters. The maximum absolute atomic E-state index is 6.66. The molecule has 0 N–H and O–H groups in total. The Labute approximate surface area is 109 Å². The van der Waals surface area contributed by atoms with E-state index in [-0.39, 0.29) is 6.10 Å². The molecule has 0 aromatic heterocycles. The molecule has 1 nitrogen and oxygen atoms in total. The van der Waals surface area contributed by atoms with Gasteiger partial charge in [-0.15, -0.1) is 11.6 Å². The lowest BCUT2D eigenvalue weighted by Gasteiger charge is -2.43. The van der Waals surface area contributed by atoms with Crippen LogP contribution in [0.1, 0.15) is 39.5 Å². The molecule has 0 bridgehead atoms. The second-order valence-electron chi connectivity index (χ2n) is 4.76. The molecule has 2 rings (SSSR count). The first-order valence-corrected chi connectivity index (χ1v) is 9.09. The fraction of sp³-hybridized carbons (Fsp3) is 0.833. The highest BCUT2D eigenvalue weighted by Gasteiger charge is 2.54. The fourth-order valence-corrected chi connectivity index (χ4v) is 6.50. The minimum atomic E-state index is -1.42. The van der Waals surface area contributed by atoms with E-state index < -0.39 is 12.4 Å². The topological polar surface area (TPSA) is 9.23 Å². The van der Waals surface area contributed by atoms with Gasteiger partial charge in [0.15, 0.2) is 7.49 Å². The van der Waals surface area contributed by atoms with Crippen LogP contribution in [0.25, 0.3) is 0 Å². The Kier molecular flexibility index (Phi) is 3.92. The molecule has 1 aliphatic heterocycles. The van der Waals surface area contributed by atoms with Crippen molar-refractivity contribution in [3.63, 3.8) is 0 Å². The molecule has 16 heavy (non-hydrogen) atoms. The van der Waals surface area contributed by atoms with Crippen LogP contribution in [0, 0.1) is 0 Å². The zero-order valence-corrected chi connectivity index (χ0v) is 12.4. The Morgan fingerprint density at radius 1 is 1.44 bits per heavy atom. The summed E-state index contributed by atoms with van der Waals surface area (Å²) in [5, 5.41) is 0.863. The van der Waals surface area contributed by atoms with E-state index in [9.17, 15) is 0 Å². The highest BCUT2D eigenvalue weighted by Crippen LogP contribution is 2.69. The Morgan fingerprint density at radius 3 is 2.75 bits per heavy atom. The Bertz CT molecular complexity index is 301. The summed E-state index contributed by atoms with van der Waals surface area (Å²) in [5.74, 6) is 2.17. The van der Waals surface area contributed by atoms with Gasteiger partial charge in [0.25, 0.3) is 0 Å². The van der Waals surface area contributed by atoms with E-state index in [2.05, 4.69) is 19.7 Å². The molecule has 0 aromatic rings. The molecule has 92 valence electrons. The SMILES string of the molecule is CC[P+]1(CC)C=C(Cl)C2(Cl)CCCCC2O1. The van der Waals surface area contributed by atoms with Crippen LogP contribution in [0.2, 0.25) is 0 Å². The number of fused-ring (bicyclic) bond motifs is 1. The Morgan fingerprint density at radius 2 is 2.12 bits per heavy atom. The number of hydrogen-bond donors (Lipinski definition) is 0. The van der Waals surface area contributed by atoms with Crippen molar-refractivity contribution in [1.29, 1.82) is 0 Å². The van der Waals surface area contributed by atoms with E-state index in [1.54, 1.807) is 0 Å². The first-order valence-electron chi connectivity index (χ1n) is 6.19. The van der Waals surface area contributed by atoms with E-state index in [4.69, 9.17) is 27.7 Å². The number of hydrogen-bond acceptors (Lipinski definition) is 1. The summed E-state index contributed by atoms with van der Waals surface area (Å²) in [5.41, 5.74) is 0. The molecule has 0 aromatic carbocycles. The van der Waals surface area contributed by atoms with Gasteiger partial charge in [-0.2, -0.15) is 0 Å². The molecule has 1 aliphatic carbocycles. The van der Waals surface area contributed by atoms with E-state index in [0.29, 0.717) is 0 Å². The molecular formula is C12H20Cl2OP+. The lowest BCUT2D eigenvalue weighted by Crippen LogP contribution is -2.44. The summed E-state index contributed by atoms with van der Waals surface area (Å²) in [7, 11) is -1.42. The van der Waals surface area contributed by atoms with Crippen molar-refractivity contribution in [2.75, 3.05) is 12.3 Å². The van der Waals surface area contributed by atoms with Crippen LogP contribution in [0.15, 0.2) is 10.8 Å². The summed E-state index contributed by atoms with van der Waals surface area (Å²) in [6, 6.07) is 0. The molecule has 0 radical (unpaired) electrons. The van der Waals surface area contributed by atoms with Crippen molar-refractivity contribution in [2.24, 2.45) is 0 Å². The molecule has 0 spiro atoms. The molecule has 2 unspecified atom stereocenters. The van der Waals surface area contributed by atoms with Gasteiger partial charge >= 0.3 is 0 Å². The van der Waals surface area contributed by atoms with Crippen molar-refractivity contribution in [2.45, 2.75) is 50.5 Å². The third kappa shape index (κ3) is 2.05. The molecule has 2 aliphatic rings. The molecule has 1 saturated carbocycles. The van der Waals surface area contributed by atoms with Gasteiger partial charge in [0.1, 0.15) is 16.8 Å². The van der Waals surface area contributed by atoms with Crippen molar-refractivity contribution in [1.82, 2.24) is 0 Å². The minimum absolute atomic E-state index is 0.147. The molecule has 1 heterocycles. The predicted octanol–water partition coefficient (Wildman–Crippen LogP) is 4.99. The smallest absolute Gasteiger partial charge is 0.171 e. The van der Waals surface area contributed by atoms with Gasteiger partial charge in [-0.1, -0.05) is 24.4 Å². The summed E-state index contributed by atoms with van der Waals surface area (Å²) in [6.45, 7) is 4.39. The van der Waals surface area contributed by atoms with E-state index in [1.165, 1.54) is 6.42 Å². The normalized spacial score (nSPS) is 37.8. The summed E-state index contributed by atoms with van der Waals surface area (Å²) in [6.07, 6.45) is 6.70. The van der Waals surface area contributed by atoms with Gasteiger partial charge < -0.3 is 0 Å². The van der Waals surface area contributed by atoms with Crippen LogP contribution in [-0.4, -0.2) is 23.3 Å². The quantitative estimate of drug-likeness (QED) is 0.512. The van der Waals surface area contributed by atoms with E-state index in [1.807, 2.05) is 0 Å². The van der Waals surface area contributed by atoms with Gasteiger partial charge in [-0.25, -0.2) is 4.52 Å². The summed E-state index contributed by atoms with van der Waals surface area (Å²) in [4.78, 5) is -0.409. The van der Waals surface area contributed by atoms with Gasteiger partial charge in [-0.3, -0.25) is 0 Å². The molecular weight excluding hydrogens is 262 g/mol. The van der Waals surface area contributed by atoms with Gasteiger partial charge in [-0.05, 0) is 26.7 Å². The second kappa shape index (κ2) is 4.76. The van der Waals surface area contributed by atoms with Gasteiger partial charge in [0.2, 0.25) is 0 Å². The summed E-state index contributed by atoms with van der Waals surface area (Å²) >= 11 is 13.1. The maximum Gasteiger partial charge on any atom is 0.171 e. The summed E-state index contributed by atoms with van der Waals surface area (Å²) < 4.78 is 6.37. The van der Waals surface area contributed by atoms with Crippen molar-refractivity contribution in [3.05, 3.63) is 10.8 Å². The Balaban J connectivity index is 2.34. The van der Waals surface area contributed by atoms with Crippen LogP contribution in [-0.2, 0) is 4.52 Å². The first-order chi connectivity index (χ1) is 7.56.